The number of aromatic carboxylic acids is 1. The Labute approximate surface area is 117 Å². The lowest BCUT2D eigenvalue weighted by Gasteiger charge is -2.17. The molecule has 0 radical (unpaired) electrons. The number of sulfonamides is 1. The van der Waals surface area contributed by atoms with Gasteiger partial charge in [0, 0.05) is 20.2 Å². The molecule has 0 spiro atoms. The number of nitrogen functional groups attached to an aromatic ring is 1. The molecule has 1 saturated heterocycles. The summed E-state index contributed by atoms with van der Waals surface area (Å²) in [4.78, 5) is 10.8. The fraction of sp³-hybridized carbons (Fsp3) is 0.417. The summed E-state index contributed by atoms with van der Waals surface area (Å²) in [5, 5.41) is 8.85. The third-order valence-electron chi connectivity index (χ3n) is 3.32. The Kier molecular flexibility index (Phi) is 3.98. The van der Waals surface area contributed by atoms with Crippen LogP contribution in [0, 0.1) is 0 Å². The van der Waals surface area contributed by atoms with E-state index in [2.05, 4.69) is 0 Å². The molecule has 7 nitrogen and oxygen atoms in total. The van der Waals surface area contributed by atoms with E-state index in [-0.39, 0.29) is 28.8 Å². The second-order valence-electron chi connectivity index (χ2n) is 4.57. The van der Waals surface area contributed by atoms with Gasteiger partial charge >= 0.3 is 5.97 Å². The van der Waals surface area contributed by atoms with Gasteiger partial charge in [0.05, 0.1) is 17.4 Å². The van der Waals surface area contributed by atoms with Gasteiger partial charge in [0.15, 0.2) is 0 Å². The maximum absolute atomic E-state index is 12.4. The number of carboxylic acids is 1. The first-order chi connectivity index (χ1) is 9.36. The highest BCUT2D eigenvalue weighted by molar-refractivity contribution is 7.89. The topological polar surface area (TPSA) is 110 Å². The van der Waals surface area contributed by atoms with E-state index in [0.717, 1.165) is 6.07 Å². The zero-order chi connectivity index (χ0) is 14.9. The summed E-state index contributed by atoms with van der Waals surface area (Å²) in [5.41, 5.74) is 5.57. The number of carboxylic acid groups (broad SMARTS) is 1. The second kappa shape index (κ2) is 5.39. The molecule has 1 fully saturated rings. The number of ether oxygens (including phenoxy) is 1. The van der Waals surface area contributed by atoms with Gasteiger partial charge in [-0.2, -0.15) is 4.31 Å². The van der Waals surface area contributed by atoms with E-state index in [0.29, 0.717) is 13.0 Å². The molecule has 1 atom stereocenters. The first-order valence-electron chi connectivity index (χ1n) is 6.02. The van der Waals surface area contributed by atoms with Crippen LogP contribution >= 0.6 is 0 Å². The fourth-order valence-corrected chi connectivity index (χ4v) is 3.75. The van der Waals surface area contributed by atoms with E-state index in [1.54, 1.807) is 0 Å². The normalized spacial score (nSPS) is 20.1. The van der Waals surface area contributed by atoms with Gasteiger partial charge in [-0.05, 0) is 24.6 Å². The van der Waals surface area contributed by atoms with Gasteiger partial charge in [-0.25, -0.2) is 13.2 Å². The smallest absolute Gasteiger partial charge is 0.335 e. The zero-order valence-electron chi connectivity index (χ0n) is 10.9. The highest BCUT2D eigenvalue weighted by Crippen LogP contribution is 2.27. The molecular weight excluding hydrogens is 284 g/mol. The average Bonchev–Trinajstić information content (AvgIpc) is 2.87. The van der Waals surface area contributed by atoms with Gasteiger partial charge in [0.2, 0.25) is 10.0 Å². The van der Waals surface area contributed by atoms with Crippen LogP contribution < -0.4 is 5.73 Å². The van der Waals surface area contributed by atoms with E-state index in [4.69, 9.17) is 15.6 Å². The SMILES string of the molecule is COC1CCN(S(=O)(=O)c2ccc(C(=O)O)cc2N)C1. The predicted octanol–water partition coefficient (Wildman–Crippen LogP) is 0.376. The Hall–Kier alpha value is -1.64. The van der Waals surface area contributed by atoms with Crippen molar-refractivity contribution in [3.63, 3.8) is 0 Å². The molecule has 1 aliphatic rings. The second-order valence-corrected chi connectivity index (χ2v) is 6.47. The summed E-state index contributed by atoms with van der Waals surface area (Å²) >= 11 is 0. The number of nitrogens with two attached hydrogens (primary N) is 1. The minimum absolute atomic E-state index is 0.0439. The Bertz CT molecular complexity index is 629. The number of hydrogen-bond donors (Lipinski definition) is 2. The molecule has 0 aliphatic carbocycles. The molecule has 2 rings (SSSR count). The number of rotatable bonds is 4. The summed E-state index contributed by atoms with van der Waals surface area (Å²) in [6, 6.07) is 3.61. The van der Waals surface area contributed by atoms with E-state index in [1.165, 1.54) is 23.5 Å². The lowest BCUT2D eigenvalue weighted by Crippen LogP contribution is -2.30. The molecule has 1 heterocycles. The molecule has 0 aromatic heterocycles. The third kappa shape index (κ3) is 2.62. The van der Waals surface area contributed by atoms with Crippen molar-refractivity contribution in [1.82, 2.24) is 4.31 Å². The summed E-state index contributed by atoms with van der Waals surface area (Å²) in [5.74, 6) is -1.15. The van der Waals surface area contributed by atoms with Crippen LogP contribution in [0.2, 0.25) is 0 Å². The van der Waals surface area contributed by atoms with Crippen LogP contribution in [0.3, 0.4) is 0 Å². The zero-order valence-corrected chi connectivity index (χ0v) is 11.8. The quantitative estimate of drug-likeness (QED) is 0.778. The van der Waals surface area contributed by atoms with Crippen LogP contribution in [0.4, 0.5) is 5.69 Å². The predicted molar refractivity (Wildman–Crippen MR) is 72.0 cm³/mol. The van der Waals surface area contributed by atoms with Gasteiger partial charge in [0.25, 0.3) is 0 Å². The minimum Gasteiger partial charge on any atom is -0.478 e. The molecule has 8 heteroatoms. The average molecular weight is 300 g/mol. The summed E-state index contributed by atoms with van der Waals surface area (Å²) in [6.07, 6.45) is 0.507. The van der Waals surface area contributed by atoms with E-state index >= 15 is 0 Å². The Morgan fingerprint density at radius 1 is 1.50 bits per heavy atom. The van der Waals surface area contributed by atoms with Gasteiger partial charge in [-0.15, -0.1) is 0 Å². The molecule has 3 N–H and O–H groups in total. The molecule has 1 unspecified atom stereocenters. The highest BCUT2D eigenvalue weighted by Gasteiger charge is 2.33. The molecule has 1 aromatic rings. The van der Waals surface area contributed by atoms with Crippen molar-refractivity contribution in [1.29, 1.82) is 0 Å². The van der Waals surface area contributed by atoms with Crippen LogP contribution in [-0.2, 0) is 14.8 Å². The molecule has 20 heavy (non-hydrogen) atoms. The Balaban J connectivity index is 2.33. The molecular formula is C12H16N2O5S. The molecule has 1 aliphatic heterocycles. The van der Waals surface area contributed by atoms with Crippen molar-refractivity contribution >= 4 is 21.7 Å². The number of nitrogens with zero attached hydrogens (tertiary/aromatic N) is 1. The maximum Gasteiger partial charge on any atom is 0.335 e. The number of anilines is 1. The van der Waals surface area contributed by atoms with Crippen molar-refractivity contribution in [2.45, 2.75) is 17.4 Å². The molecule has 0 bridgehead atoms. The largest absolute Gasteiger partial charge is 0.478 e. The monoisotopic (exact) mass is 300 g/mol. The van der Waals surface area contributed by atoms with E-state index in [9.17, 15) is 13.2 Å². The van der Waals surface area contributed by atoms with Crippen LogP contribution in [0.1, 0.15) is 16.8 Å². The molecule has 0 amide bonds. The van der Waals surface area contributed by atoms with Gasteiger partial charge in [0.1, 0.15) is 4.90 Å². The number of benzene rings is 1. The highest BCUT2D eigenvalue weighted by atomic mass is 32.2. The van der Waals surface area contributed by atoms with Crippen molar-refractivity contribution in [3.8, 4) is 0 Å². The third-order valence-corrected chi connectivity index (χ3v) is 5.25. The first kappa shape index (κ1) is 14.8. The summed E-state index contributed by atoms with van der Waals surface area (Å²) in [7, 11) is -2.18. The standard InChI is InChI=1S/C12H16N2O5S/c1-19-9-4-5-14(7-9)20(17,18)11-3-2-8(12(15)16)6-10(11)13/h2-3,6,9H,4-5,7,13H2,1H3,(H,15,16). The van der Waals surface area contributed by atoms with Crippen LogP contribution in [-0.4, -0.2) is 50.1 Å². The number of methoxy groups -OCH3 is 1. The van der Waals surface area contributed by atoms with Crippen molar-refractivity contribution in [2.24, 2.45) is 0 Å². The Morgan fingerprint density at radius 2 is 2.20 bits per heavy atom. The van der Waals surface area contributed by atoms with Crippen molar-refractivity contribution < 1.29 is 23.1 Å². The Morgan fingerprint density at radius 3 is 2.70 bits per heavy atom. The van der Waals surface area contributed by atoms with Crippen LogP contribution in [0.15, 0.2) is 23.1 Å². The van der Waals surface area contributed by atoms with Gasteiger partial charge in [-0.1, -0.05) is 0 Å². The van der Waals surface area contributed by atoms with Crippen LogP contribution in [0.5, 0.6) is 0 Å². The first-order valence-corrected chi connectivity index (χ1v) is 7.46. The molecule has 0 saturated carbocycles. The fourth-order valence-electron chi connectivity index (χ4n) is 2.16. The van der Waals surface area contributed by atoms with E-state index in [1.807, 2.05) is 0 Å². The molecule has 110 valence electrons. The lowest BCUT2D eigenvalue weighted by atomic mass is 10.2. The lowest BCUT2D eigenvalue weighted by molar-refractivity contribution is 0.0697. The van der Waals surface area contributed by atoms with Crippen LogP contribution in [0.25, 0.3) is 0 Å². The van der Waals surface area contributed by atoms with Gasteiger partial charge < -0.3 is 15.6 Å². The molecule has 1 aromatic carbocycles. The van der Waals surface area contributed by atoms with Gasteiger partial charge in [-0.3, -0.25) is 0 Å². The van der Waals surface area contributed by atoms with E-state index < -0.39 is 16.0 Å². The maximum atomic E-state index is 12.4. The van der Waals surface area contributed by atoms with Crippen molar-refractivity contribution in [3.05, 3.63) is 23.8 Å². The number of hydrogen-bond acceptors (Lipinski definition) is 5. The van der Waals surface area contributed by atoms with Crippen molar-refractivity contribution in [2.75, 3.05) is 25.9 Å². The summed E-state index contributed by atoms with van der Waals surface area (Å²) < 4.78 is 31.3. The minimum atomic E-state index is -3.72. The summed E-state index contributed by atoms with van der Waals surface area (Å²) in [6.45, 7) is 0.639. The number of carbonyl (C=O) groups is 1.